The first-order valence-electron chi connectivity index (χ1n) is 9.92. The molecule has 0 atom stereocenters. The summed E-state index contributed by atoms with van der Waals surface area (Å²) in [5.41, 5.74) is -0.598. The minimum absolute atomic E-state index is 0.0146. The molecule has 5 nitrogen and oxygen atoms in total. The minimum Gasteiger partial charge on any atom is -0.320 e. The first-order valence-corrected chi connectivity index (χ1v) is 9.92. The SMILES string of the molecule is CC(C)(C#Cc1cccc(N(CC(F)F)c2nc3nncn3c3cccc(F)c23)c1)C(F)F. The van der Waals surface area contributed by atoms with Crippen LogP contribution < -0.4 is 4.90 Å². The van der Waals surface area contributed by atoms with E-state index in [4.69, 9.17) is 0 Å². The normalized spacial score (nSPS) is 11.9. The maximum atomic E-state index is 14.9. The molecule has 0 unspecified atom stereocenters. The third-order valence-corrected chi connectivity index (χ3v) is 5.02. The Kier molecular flexibility index (Phi) is 5.89. The lowest BCUT2D eigenvalue weighted by Crippen LogP contribution is -2.25. The highest BCUT2D eigenvalue weighted by atomic mass is 19.3. The smallest absolute Gasteiger partial charge is 0.257 e. The monoisotopic (exact) mass is 459 g/mol. The molecular formula is C23H18F5N5. The molecule has 0 saturated carbocycles. The number of nitrogens with zero attached hydrogens (tertiary/aromatic N) is 5. The predicted molar refractivity (Wildman–Crippen MR) is 114 cm³/mol. The molecule has 10 heteroatoms. The average molecular weight is 459 g/mol. The van der Waals surface area contributed by atoms with Crippen LogP contribution in [0.1, 0.15) is 19.4 Å². The zero-order valence-electron chi connectivity index (χ0n) is 17.6. The quantitative estimate of drug-likeness (QED) is 0.294. The van der Waals surface area contributed by atoms with Gasteiger partial charge < -0.3 is 4.90 Å². The van der Waals surface area contributed by atoms with Crippen LogP contribution in [-0.2, 0) is 0 Å². The molecule has 0 aliphatic rings. The van der Waals surface area contributed by atoms with Crippen LogP contribution in [-0.4, -0.2) is 39.0 Å². The van der Waals surface area contributed by atoms with Crippen molar-refractivity contribution >= 4 is 28.2 Å². The number of alkyl halides is 4. The van der Waals surface area contributed by atoms with Gasteiger partial charge in [0.2, 0.25) is 0 Å². The van der Waals surface area contributed by atoms with Crippen LogP contribution in [0.5, 0.6) is 0 Å². The molecule has 33 heavy (non-hydrogen) atoms. The Morgan fingerprint density at radius 1 is 1.09 bits per heavy atom. The lowest BCUT2D eigenvalue weighted by atomic mass is 9.95. The van der Waals surface area contributed by atoms with Crippen LogP contribution in [0.3, 0.4) is 0 Å². The summed E-state index contributed by atoms with van der Waals surface area (Å²) in [6.07, 6.45) is -4.08. The summed E-state index contributed by atoms with van der Waals surface area (Å²) >= 11 is 0. The van der Waals surface area contributed by atoms with Gasteiger partial charge in [0.05, 0.1) is 22.9 Å². The summed E-state index contributed by atoms with van der Waals surface area (Å²) in [4.78, 5) is 5.46. The molecule has 2 heterocycles. The van der Waals surface area contributed by atoms with Crippen LogP contribution in [0.15, 0.2) is 48.8 Å². The van der Waals surface area contributed by atoms with E-state index in [2.05, 4.69) is 27.0 Å². The topological polar surface area (TPSA) is 46.3 Å². The molecule has 4 rings (SSSR count). The summed E-state index contributed by atoms with van der Waals surface area (Å²) in [6, 6.07) is 10.4. The van der Waals surface area contributed by atoms with Crippen LogP contribution in [0.25, 0.3) is 16.7 Å². The fraction of sp³-hybridized carbons (Fsp3) is 0.261. The number of benzene rings is 2. The summed E-state index contributed by atoms with van der Waals surface area (Å²) in [5.74, 6) is 4.58. The highest BCUT2D eigenvalue weighted by Crippen LogP contribution is 2.34. The second-order valence-corrected chi connectivity index (χ2v) is 7.89. The zero-order valence-corrected chi connectivity index (χ0v) is 17.6. The molecule has 0 bridgehead atoms. The van der Waals surface area contributed by atoms with Crippen molar-refractivity contribution < 1.29 is 22.0 Å². The maximum absolute atomic E-state index is 14.9. The Labute approximate surface area is 185 Å². The molecule has 4 aromatic rings. The molecule has 0 spiro atoms. The van der Waals surface area contributed by atoms with Crippen molar-refractivity contribution in [1.82, 2.24) is 19.6 Å². The van der Waals surface area contributed by atoms with Gasteiger partial charge >= 0.3 is 0 Å². The molecule has 0 aliphatic heterocycles. The van der Waals surface area contributed by atoms with Crippen molar-refractivity contribution in [2.24, 2.45) is 5.41 Å². The van der Waals surface area contributed by atoms with Gasteiger partial charge in [0.1, 0.15) is 18.0 Å². The molecule has 0 fully saturated rings. The number of halogens is 5. The van der Waals surface area contributed by atoms with Crippen LogP contribution in [0.2, 0.25) is 0 Å². The van der Waals surface area contributed by atoms with E-state index >= 15 is 0 Å². The van der Waals surface area contributed by atoms with Crippen molar-refractivity contribution in [3.8, 4) is 11.8 Å². The Hall–Kier alpha value is -3.74. The van der Waals surface area contributed by atoms with Gasteiger partial charge in [-0.3, -0.25) is 4.40 Å². The Morgan fingerprint density at radius 2 is 1.85 bits per heavy atom. The number of hydrogen-bond acceptors (Lipinski definition) is 4. The number of anilines is 2. The molecule has 2 aromatic heterocycles. The second kappa shape index (κ2) is 8.65. The van der Waals surface area contributed by atoms with Crippen molar-refractivity contribution in [3.63, 3.8) is 0 Å². The predicted octanol–water partition coefficient (Wildman–Crippen LogP) is 5.46. The minimum atomic E-state index is -2.78. The van der Waals surface area contributed by atoms with E-state index in [1.54, 1.807) is 18.2 Å². The van der Waals surface area contributed by atoms with Crippen molar-refractivity contribution in [2.75, 3.05) is 11.4 Å². The van der Waals surface area contributed by atoms with Gasteiger partial charge in [-0.1, -0.05) is 24.0 Å². The third kappa shape index (κ3) is 4.44. The van der Waals surface area contributed by atoms with E-state index < -0.39 is 30.6 Å². The Bertz CT molecular complexity index is 1370. The Balaban J connectivity index is 1.89. The van der Waals surface area contributed by atoms with Gasteiger partial charge in [-0.25, -0.2) is 22.0 Å². The second-order valence-electron chi connectivity index (χ2n) is 7.89. The fourth-order valence-electron chi connectivity index (χ4n) is 3.25. The summed E-state index contributed by atoms with van der Waals surface area (Å²) < 4.78 is 69.8. The van der Waals surface area contributed by atoms with Gasteiger partial charge in [-0.05, 0) is 44.2 Å². The molecular weight excluding hydrogens is 441 g/mol. The van der Waals surface area contributed by atoms with E-state index in [0.717, 1.165) is 4.90 Å². The Morgan fingerprint density at radius 3 is 2.58 bits per heavy atom. The van der Waals surface area contributed by atoms with Gasteiger partial charge in [-0.2, -0.15) is 4.98 Å². The van der Waals surface area contributed by atoms with Gasteiger partial charge in [0.25, 0.3) is 18.6 Å². The molecule has 170 valence electrons. The number of aromatic nitrogens is 4. The maximum Gasteiger partial charge on any atom is 0.257 e. The molecule has 0 amide bonds. The highest BCUT2D eigenvalue weighted by molar-refractivity contribution is 5.94. The lowest BCUT2D eigenvalue weighted by Gasteiger charge is -2.25. The number of fused-ring (bicyclic) bond motifs is 3. The van der Waals surface area contributed by atoms with E-state index in [-0.39, 0.29) is 22.7 Å². The molecule has 0 N–H and O–H groups in total. The van der Waals surface area contributed by atoms with Crippen LogP contribution in [0.4, 0.5) is 33.5 Å². The third-order valence-electron chi connectivity index (χ3n) is 5.02. The van der Waals surface area contributed by atoms with Gasteiger partial charge in [-0.15, -0.1) is 10.2 Å². The van der Waals surface area contributed by atoms with E-state index in [0.29, 0.717) is 11.1 Å². The fourth-order valence-corrected chi connectivity index (χ4v) is 3.25. The molecule has 0 saturated heterocycles. The standard InChI is InChI=1S/C23H18F5N5/c1-23(2,21(27)28)10-9-14-5-3-6-15(11-14)32(12-18(25)26)20-19-16(24)7-4-8-17(19)33-13-29-31-22(33)30-20/h3-8,11,13,18,21H,12H2,1-2H3. The average Bonchev–Trinajstić information content (AvgIpc) is 3.25. The number of rotatable bonds is 5. The van der Waals surface area contributed by atoms with Crippen molar-refractivity contribution in [2.45, 2.75) is 26.7 Å². The molecule has 0 aliphatic carbocycles. The van der Waals surface area contributed by atoms with E-state index in [1.165, 1.54) is 48.8 Å². The first-order chi connectivity index (χ1) is 15.7. The molecule has 2 aromatic carbocycles. The lowest BCUT2D eigenvalue weighted by molar-refractivity contribution is 0.0570. The number of hydrogen-bond donors (Lipinski definition) is 0. The summed E-state index contributed by atoms with van der Waals surface area (Å²) in [6.45, 7) is 1.83. The van der Waals surface area contributed by atoms with E-state index in [1.807, 2.05) is 0 Å². The van der Waals surface area contributed by atoms with E-state index in [9.17, 15) is 22.0 Å². The van der Waals surface area contributed by atoms with Crippen molar-refractivity contribution in [1.29, 1.82) is 0 Å². The zero-order chi connectivity index (χ0) is 23.8. The largest absolute Gasteiger partial charge is 0.320 e. The van der Waals surface area contributed by atoms with Gasteiger partial charge in [0.15, 0.2) is 0 Å². The highest BCUT2D eigenvalue weighted by Gasteiger charge is 2.27. The van der Waals surface area contributed by atoms with Crippen LogP contribution in [0, 0.1) is 23.1 Å². The molecule has 0 radical (unpaired) electrons. The van der Waals surface area contributed by atoms with Crippen molar-refractivity contribution in [3.05, 3.63) is 60.2 Å². The summed E-state index contributed by atoms with van der Waals surface area (Å²) in [5, 5.41) is 7.66. The first kappa shape index (κ1) is 22.5. The van der Waals surface area contributed by atoms with Crippen LogP contribution >= 0.6 is 0 Å². The summed E-state index contributed by atoms with van der Waals surface area (Å²) in [7, 11) is 0. The van der Waals surface area contributed by atoms with Gasteiger partial charge in [0, 0.05) is 11.3 Å².